The van der Waals surface area contributed by atoms with Gasteiger partial charge >= 0.3 is 0 Å². The quantitative estimate of drug-likeness (QED) is 0.619. The van der Waals surface area contributed by atoms with Crippen molar-refractivity contribution in [2.75, 3.05) is 6.54 Å². The highest BCUT2D eigenvalue weighted by Crippen LogP contribution is 2.32. The third-order valence-corrected chi connectivity index (χ3v) is 2.65. The summed E-state index contributed by atoms with van der Waals surface area (Å²) in [6.45, 7) is 5.40. The molecule has 1 aliphatic carbocycles. The highest BCUT2D eigenvalue weighted by molar-refractivity contribution is 5.10. The average molecular weight is 153 g/mol. The van der Waals surface area contributed by atoms with Crippen molar-refractivity contribution in [3.8, 4) is 0 Å². The molecule has 0 heterocycles. The van der Waals surface area contributed by atoms with Crippen molar-refractivity contribution in [2.45, 2.75) is 33.1 Å². The Labute approximate surface area is 69.7 Å². The molecule has 0 amide bonds. The minimum atomic E-state index is 0.793. The molecule has 11 heavy (non-hydrogen) atoms. The Morgan fingerprint density at radius 3 is 2.82 bits per heavy atom. The molecular weight excluding hydrogens is 134 g/mol. The zero-order chi connectivity index (χ0) is 8.27. The monoisotopic (exact) mass is 153 g/mol. The molecule has 0 fully saturated rings. The largest absolute Gasteiger partial charge is 0.330 e. The van der Waals surface area contributed by atoms with Gasteiger partial charge in [0.1, 0.15) is 0 Å². The molecule has 1 rings (SSSR count). The molecule has 1 heteroatoms. The van der Waals surface area contributed by atoms with Crippen LogP contribution < -0.4 is 5.73 Å². The van der Waals surface area contributed by atoms with Crippen molar-refractivity contribution in [1.29, 1.82) is 0 Å². The predicted octanol–water partition coefficient (Wildman–Crippen LogP) is 2.33. The first-order valence-corrected chi connectivity index (χ1v) is 4.61. The molecule has 0 bridgehead atoms. The zero-order valence-electron chi connectivity index (χ0n) is 7.64. The second-order valence-electron chi connectivity index (χ2n) is 3.77. The molecule has 0 aromatic rings. The van der Waals surface area contributed by atoms with Crippen LogP contribution in [-0.2, 0) is 0 Å². The highest BCUT2D eigenvalue weighted by atomic mass is 14.5. The fraction of sp³-hybridized carbons (Fsp3) is 0.800. The normalized spacial score (nSPS) is 30.6. The fourth-order valence-corrected chi connectivity index (χ4v) is 2.00. The fourth-order valence-electron chi connectivity index (χ4n) is 2.00. The lowest BCUT2D eigenvalue weighted by Gasteiger charge is -2.13. The Balaban J connectivity index is 2.28. The van der Waals surface area contributed by atoms with Gasteiger partial charge in [0.2, 0.25) is 0 Å². The number of rotatable bonds is 3. The van der Waals surface area contributed by atoms with E-state index in [-0.39, 0.29) is 0 Å². The van der Waals surface area contributed by atoms with Crippen LogP contribution in [0.25, 0.3) is 0 Å². The second-order valence-corrected chi connectivity index (χ2v) is 3.77. The third kappa shape index (κ3) is 2.33. The molecule has 0 spiro atoms. The summed E-state index contributed by atoms with van der Waals surface area (Å²) in [6.07, 6.45) is 6.21. The van der Waals surface area contributed by atoms with Crippen molar-refractivity contribution in [2.24, 2.45) is 17.6 Å². The summed E-state index contributed by atoms with van der Waals surface area (Å²) in [7, 11) is 0. The van der Waals surface area contributed by atoms with E-state index in [4.69, 9.17) is 5.73 Å². The van der Waals surface area contributed by atoms with E-state index in [2.05, 4.69) is 19.9 Å². The van der Waals surface area contributed by atoms with E-state index in [1.165, 1.54) is 19.3 Å². The highest BCUT2D eigenvalue weighted by Gasteiger charge is 2.20. The van der Waals surface area contributed by atoms with Gasteiger partial charge in [-0.3, -0.25) is 0 Å². The van der Waals surface area contributed by atoms with Crippen LogP contribution in [0.5, 0.6) is 0 Å². The summed E-state index contributed by atoms with van der Waals surface area (Å²) in [5.41, 5.74) is 7.04. The Bertz CT molecular complexity index is 149. The Morgan fingerprint density at radius 2 is 2.36 bits per heavy atom. The van der Waals surface area contributed by atoms with Crippen LogP contribution in [0.4, 0.5) is 0 Å². The van der Waals surface area contributed by atoms with Crippen LogP contribution in [0.3, 0.4) is 0 Å². The average Bonchev–Trinajstić information content (AvgIpc) is 2.26. The molecule has 0 radical (unpaired) electrons. The molecule has 2 N–H and O–H groups in total. The van der Waals surface area contributed by atoms with Crippen molar-refractivity contribution in [3.63, 3.8) is 0 Å². The minimum Gasteiger partial charge on any atom is -0.330 e. The molecule has 0 saturated carbocycles. The first-order valence-electron chi connectivity index (χ1n) is 4.61. The van der Waals surface area contributed by atoms with Gasteiger partial charge in [-0.05, 0) is 44.6 Å². The zero-order valence-corrected chi connectivity index (χ0v) is 7.64. The molecule has 2 unspecified atom stereocenters. The second kappa shape index (κ2) is 3.91. The first-order chi connectivity index (χ1) is 5.24. The van der Waals surface area contributed by atoms with Crippen LogP contribution in [0.1, 0.15) is 33.1 Å². The van der Waals surface area contributed by atoms with Crippen LogP contribution in [0.2, 0.25) is 0 Å². The van der Waals surface area contributed by atoms with E-state index in [0.29, 0.717) is 0 Å². The summed E-state index contributed by atoms with van der Waals surface area (Å²) in [5.74, 6) is 1.68. The summed E-state index contributed by atoms with van der Waals surface area (Å²) < 4.78 is 0. The van der Waals surface area contributed by atoms with Crippen LogP contribution in [0.15, 0.2) is 11.6 Å². The van der Waals surface area contributed by atoms with Gasteiger partial charge in [0.05, 0.1) is 0 Å². The molecule has 0 aromatic heterocycles. The molecule has 64 valence electrons. The third-order valence-electron chi connectivity index (χ3n) is 2.65. The van der Waals surface area contributed by atoms with E-state index in [0.717, 1.165) is 18.4 Å². The summed E-state index contributed by atoms with van der Waals surface area (Å²) in [4.78, 5) is 0. The van der Waals surface area contributed by atoms with E-state index in [9.17, 15) is 0 Å². The van der Waals surface area contributed by atoms with Gasteiger partial charge in [-0.2, -0.15) is 0 Å². The summed E-state index contributed by atoms with van der Waals surface area (Å²) in [6, 6.07) is 0. The maximum atomic E-state index is 5.47. The standard InChI is InChI=1S/C10H19N/c1-8-6-9(2)10(7-8)4-3-5-11/h6,9-10H,3-5,7,11H2,1-2H3. The van der Waals surface area contributed by atoms with Gasteiger partial charge < -0.3 is 5.73 Å². The van der Waals surface area contributed by atoms with Gasteiger partial charge in [0.25, 0.3) is 0 Å². The Hall–Kier alpha value is -0.300. The number of hydrogen-bond acceptors (Lipinski definition) is 1. The maximum absolute atomic E-state index is 5.47. The Kier molecular flexibility index (Phi) is 3.13. The van der Waals surface area contributed by atoms with Crippen molar-refractivity contribution >= 4 is 0 Å². The van der Waals surface area contributed by atoms with Crippen molar-refractivity contribution in [1.82, 2.24) is 0 Å². The predicted molar refractivity (Wildman–Crippen MR) is 49.3 cm³/mol. The summed E-state index contributed by atoms with van der Waals surface area (Å²) in [5, 5.41) is 0. The van der Waals surface area contributed by atoms with Gasteiger partial charge in [-0.1, -0.05) is 18.6 Å². The van der Waals surface area contributed by atoms with E-state index in [1.807, 2.05) is 0 Å². The molecule has 2 atom stereocenters. The topological polar surface area (TPSA) is 26.0 Å². The van der Waals surface area contributed by atoms with E-state index >= 15 is 0 Å². The molecular formula is C10H19N. The lowest BCUT2D eigenvalue weighted by Crippen LogP contribution is -2.08. The van der Waals surface area contributed by atoms with E-state index < -0.39 is 0 Å². The number of nitrogens with two attached hydrogens (primary N) is 1. The van der Waals surface area contributed by atoms with Crippen molar-refractivity contribution in [3.05, 3.63) is 11.6 Å². The number of allylic oxidation sites excluding steroid dienone is 2. The molecule has 1 nitrogen and oxygen atoms in total. The maximum Gasteiger partial charge on any atom is -0.00772 e. The Morgan fingerprint density at radius 1 is 1.64 bits per heavy atom. The van der Waals surface area contributed by atoms with Gasteiger partial charge in [0, 0.05) is 0 Å². The smallest absolute Gasteiger partial charge is 0.00772 e. The van der Waals surface area contributed by atoms with Gasteiger partial charge in [-0.15, -0.1) is 0 Å². The first kappa shape index (κ1) is 8.79. The van der Waals surface area contributed by atoms with Crippen LogP contribution >= 0.6 is 0 Å². The van der Waals surface area contributed by atoms with Gasteiger partial charge in [0.15, 0.2) is 0 Å². The molecule has 0 saturated heterocycles. The van der Waals surface area contributed by atoms with Gasteiger partial charge in [-0.25, -0.2) is 0 Å². The molecule has 0 aromatic carbocycles. The van der Waals surface area contributed by atoms with E-state index in [1.54, 1.807) is 5.57 Å². The lowest BCUT2D eigenvalue weighted by atomic mass is 9.92. The molecule has 1 aliphatic rings. The number of hydrogen-bond donors (Lipinski definition) is 1. The van der Waals surface area contributed by atoms with Crippen LogP contribution in [0, 0.1) is 11.8 Å². The van der Waals surface area contributed by atoms with Crippen LogP contribution in [-0.4, -0.2) is 6.54 Å². The minimum absolute atomic E-state index is 0.793. The summed E-state index contributed by atoms with van der Waals surface area (Å²) >= 11 is 0. The molecule has 0 aliphatic heterocycles. The van der Waals surface area contributed by atoms with Crippen molar-refractivity contribution < 1.29 is 0 Å². The lowest BCUT2D eigenvalue weighted by molar-refractivity contribution is 0.408. The SMILES string of the molecule is CC1=CC(C)C(CCCN)C1.